The van der Waals surface area contributed by atoms with E-state index in [2.05, 4.69) is 9.72 Å². The Balaban J connectivity index is 2.78. The molecule has 1 heterocycles. The lowest BCUT2D eigenvalue weighted by Gasteiger charge is -2.11. The van der Waals surface area contributed by atoms with Gasteiger partial charge in [0.1, 0.15) is 5.69 Å². The zero-order chi connectivity index (χ0) is 15.3. The third kappa shape index (κ3) is 5.10. The summed E-state index contributed by atoms with van der Waals surface area (Å²) in [6.07, 6.45) is -0.502. The van der Waals surface area contributed by atoms with Gasteiger partial charge in [0.05, 0.1) is 11.8 Å². The molecule has 0 radical (unpaired) electrons. The number of hydrogen-bond donors (Lipinski definition) is 3. The highest BCUT2D eigenvalue weighted by molar-refractivity contribution is 7.91. The highest BCUT2D eigenvalue weighted by Crippen LogP contribution is 2.09. The van der Waals surface area contributed by atoms with Crippen LogP contribution in [0.2, 0.25) is 0 Å². The zero-order valence-corrected chi connectivity index (χ0v) is 11.5. The monoisotopic (exact) mass is 303 g/mol. The van der Waals surface area contributed by atoms with E-state index in [4.69, 9.17) is 5.11 Å². The molecule has 0 aliphatic heterocycles. The molecule has 0 aliphatic rings. The first kappa shape index (κ1) is 15.7. The van der Waals surface area contributed by atoms with E-state index in [1.807, 2.05) is 4.72 Å². The number of aromatic nitrogens is 1. The van der Waals surface area contributed by atoms with Crippen molar-refractivity contribution in [3.8, 4) is 0 Å². The third-order valence-electron chi connectivity index (χ3n) is 1.79. The molecule has 0 bridgehead atoms. The van der Waals surface area contributed by atoms with E-state index < -0.39 is 28.4 Å². The molecule has 0 saturated heterocycles. The molecule has 3 N–H and O–H groups in total. The topological polar surface area (TPSA) is 135 Å². The van der Waals surface area contributed by atoms with Crippen LogP contribution in [0.1, 0.15) is 24.3 Å². The van der Waals surface area contributed by atoms with Crippen molar-refractivity contribution in [3.05, 3.63) is 24.0 Å². The maximum atomic E-state index is 11.6. The Hall–Kier alpha value is -2.36. The first-order valence-corrected chi connectivity index (χ1v) is 6.88. The summed E-state index contributed by atoms with van der Waals surface area (Å²) in [7, 11) is -4.22. The summed E-state index contributed by atoms with van der Waals surface area (Å²) >= 11 is 0. The highest BCUT2D eigenvalue weighted by atomic mass is 32.2. The minimum atomic E-state index is -4.22. The van der Waals surface area contributed by atoms with Crippen LogP contribution in [-0.2, 0) is 14.9 Å². The average molecular weight is 303 g/mol. The molecular formula is C10H13N3O6S. The number of nitrogens with one attached hydrogen (secondary N) is 2. The first-order valence-electron chi connectivity index (χ1n) is 5.40. The highest BCUT2D eigenvalue weighted by Gasteiger charge is 2.17. The molecule has 110 valence electrons. The van der Waals surface area contributed by atoms with Crippen LogP contribution in [0, 0.1) is 0 Å². The number of carboxylic acids is 1. The fraction of sp³-hybridized carbons (Fsp3) is 0.300. The second-order valence-corrected chi connectivity index (χ2v) is 5.31. The number of amides is 1. The second kappa shape index (κ2) is 6.19. The number of pyridine rings is 1. The molecule has 10 heteroatoms. The Morgan fingerprint density at radius 2 is 2.05 bits per heavy atom. The summed E-state index contributed by atoms with van der Waals surface area (Å²) < 4.78 is 31.4. The number of hydrogen-bond acceptors (Lipinski definition) is 6. The van der Waals surface area contributed by atoms with Gasteiger partial charge in [-0.2, -0.15) is 8.42 Å². The van der Waals surface area contributed by atoms with Crippen LogP contribution >= 0.6 is 0 Å². The molecule has 0 saturated carbocycles. The van der Waals surface area contributed by atoms with E-state index in [-0.39, 0.29) is 11.4 Å². The van der Waals surface area contributed by atoms with Gasteiger partial charge in [0.15, 0.2) is 0 Å². The van der Waals surface area contributed by atoms with Crippen LogP contribution in [0.15, 0.2) is 18.3 Å². The van der Waals surface area contributed by atoms with Gasteiger partial charge in [0.25, 0.3) is 0 Å². The lowest BCUT2D eigenvalue weighted by Crippen LogP contribution is -2.36. The minimum Gasteiger partial charge on any atom is -0.477 e. The van der Waals surface area contributed by atoms with Crippen LogP contribution < -0.4 is 9.44 Å². The lowest BCUT2D eigenvalue weighted by atomic mass is 10.3. The molecule has 1 aromatic rings. The molecule has 0 spiro atoms. The van der Waals surface area contributed by atoms with Crippen molar-refractivity contribution in [3.63, 3.8) is 0 Å². The van der Waals surface area contributed by atoms with Gasteiger partial charge in [-0.3, -0.25) is 4.72 Å². The van der Waals surface area contributed by atoms with E-state index in [1.54, 1.807) is 18.6 Å². The van der Waals surface area contributed by atoms with E-state index in [1.165, 1.54) is 6.07 Å². The third-order valence-corrected chi connectivity index (χ3v) is 2.73. The zero-order valence-electron chi connectivity index (χ0n) is 10.7. The second-order valence-electron chi connectivity index (χ2n) is 3.90. The number of carbonyl (C=O) groups is 2. The Kier molecular flexibility index (Phi) is 4.86. The first-order chi connectivity index (χ1) is 9.19. The molecule has 1 amide bonds. The van der Waals surface area contributed by atoms with Gasteiger partial charge < -0.3 is 9.84 Å². The molecule has 0 aromatic carbocycles. The average Bonchev–Trinajstić information content (AvgIpc) is 2.26. The predicted molar refractivity (Wildman–Crippen MR) is 68.5 cm³/mol. The fourth-order valence-corrected chi connectivity index (χ4v) is 1.90. The maximum absolute atomic E-state index is 11.6. The molecule has 0 fully saturated rings. The number of ether oxygens (including phenoxy) is 1. The van der Waals surface area contributed by atoms with Crippen LogP contribution in [0.4, 0.5) is 10.5 Å². The molecule has 0 atom stereocenters. The Morgan fingerprint density at radius 1 is 1.40 bits per heavy atom. The van der Waals surface area contributed by atoms with Crippen molar-refractivity contribution < 1.29 is 27.9 Å². The number of carboxylic acid groups (broad SMARTS) is 1. The quantitative estimate of drug-likeness (QED) is 0.723. The Bertz CT molecular complexity index is 613. The summed E-state index contributed by atoms with van der Waals surface area (Å²) in [6, 6.07) is 2.24. The van der Waals surface area contributed by atoms with Crippen molar-refractivity contribution in [2.45, 2.75) is 20.0 Å². The van der Waals surface area contributed by atoms with Gasteiger partial charge in [-0.05, 0) is 26.0 Å². The number of rotatable bonds is 5. The summed E-state index contributed by atoms with van der Waals surface area (Å²) in [5, 5.41) is 8.72. The predicted octanol–water partition coefficient (Wildman–Crippen LogP) is 0.571. The number of aromatic carboxylic acids is 1. The van der Waals surface area contributed by atoms with Gasteiger partial charge >= 0.3 is 22.3 Å². The number of anilines is 1. The largest absolute Gasteiger partial charge is 0.477 e. The van der Waals surface area contributed by atoms with Crippen LogP contribution in [0.5, 0.6) is 0 Å². The lowest BCUT2D eigenvalue weighted by molar-refractivity contribution is 0.0690. The van der Waals surface area contributed by atoms with Crippen molar-refractivity contribution in [2.75, 3.05) is 4.72 Å². The Morgan fingerprint density at radius 3 is 2.60 bits per heavy atom. The van der Waals surface area contributed by atoms with Gasteiger partial charge in [-0.25, -0.2) is 19.3 Å². The van der Waals surface area contributed by atoms with Crippen LogP contribution in [0.3, 0.4) is 0 Å². The normalized spacial score (nSPS) is 10.9. The van der Waals surface area contributed by atoms with Gasteiger partial charge in [-0.15, -0.1) is 0 Å². The van der Waals surface area contributed by atoms with Gasteiger partial charge in [0, 0.05) is 6.20 Å². The SMILES string of the molecule is CC(C)OC(=O)NS(=O)(=O)Nc1ccnc(C(=O)O)c1. The standard InChI is InChI=1S/C10H13N3O6S/c1-6(2)19-10(16)13-20(17,18)12-7-3-4-11-8(5-7)9(14)15/h3-6H,1-2H3,(H,11,12)(H,13,16)(H,14,15). The van der Waals surface area contributed by atoms with E-state index in [0.29, 0.717) is 0 Å². The molecule has 1 rings (SSSR count). The molecule has 20 heavy (non-hydrogen) atoms. The summed E-state index contributed by atoms with van der Waals surface area (Å²) in [5.41, 5.74) is -0.391. The molecule has 9 nitrogen and oxygen atoms in total. The molecule has 0 unspecified atom stereocenters. The van der Waals surface area contributed by atoms with Crippen molar-refractivity contribution in [2.24, 2.45) is 0 Å². The molecule has 1 aromatic heterocycles. The van der Waals surface area contributed by atoms with Gasteiger partial charge in [0.2, 0.25) is 0 Å². The molecule has 0 aliphatic carbocycles. The van der Waals surface area contributed by atoms with Gasteiger partial charge in [-0.1, -0.05) is 0 Å². The number of nitrogens with zero attached hydrogens (tertiary/aromatic N) is 1. The number of carbonyl (C=O) groups excluding carboxylic acids is 1. The maximum Gasteiger partial charge on any atom is 0.422 e. The van der Waals surface area contributed by atoms with E-state index >= 15 is 0 Å². The van der Waals surface area contributed by atoms with Crippen LogP contribution in [-0.4, -0.2) is 36.7 Å². The Labute approximate surface area is 115 Å². The summed E-state index contributed by atoms with van der Waals surface area (Å²) in [6.45, 7) is 3.11. The molecular weight excluding hydrogens is 290 g/mol. The van der Waals surface area contributed by atoms with E-state index in [9.17, 15) is 18.0 Å². The van der Waals surface area contributed by atoms with Crippen molar-refractivity contribution in [1.29, 1.82) is 0 Å². The van der Waals surface area contributed by atoms with Crippen molar-refractivity contribution >= 4 is 28.0 Å². The minimum absolute atomic E-state index is 0.0535. The summed E-state index contributed by atoms with van der Waals surface area (Å²) in [4.78, 5) is 25.4. The van der Waals surface area contributed by atoms with Crippen LogP contribution in [0.25, 0.3) is 0 Å². The van der Waals surface area contributed by atoms with E-state index in [0.717, 1.165) is 12.3 Å². The fourth-order valence-electron chi connectivity index (χ4n) is 1.14. The van der Waals surface area contributed by atoms with Crippen molar-refractivity contribution in [1.82, 2.24) is 9.71 Å². The summed E-state index contributed by atoms with van der Waals surface area (Å²) in [5.74, 6) is -1.31. The smallest absolute Gasteiger partial charge is 0.422 e.